The monoisotopic (exact) mass is 452 g/mol. The number of piperidine rings is 1. The highest BCUT2D eigenvalue weighted by Crippen LogP contribution is 2.19. The third-order valence-electron chi connectivity index (χ3n) is 5.90. The summed E-state index contributed by atoms with van der Waals surface area (Å²) in [4.78, 5) is 27.1. The Morgan fingerprint density at radius 2 is 1.74 bits per heavy atom. The minimum atomic E-state index is -3.58. The molecule has 2 N–H and O–H groups in total. The van der Waals surface area contributed by atoms with Gasteiger partial charge >= 0.3 is 0 Å². The average molecular weight is 453 g/mol. The fourth-order valence-corrected chi connectivity index (χ4v) is 4.53. The van der Waals surface area contributed by atoms with E-state index >= 15 is 0 Å². The van der Waals surface area contributed by atoms with E-state index in [1.807, 2.05) is 11.8 Å². The van der Waals surface area contributed by atoms with Gasteiger partial charge in [-0.2, -0.15) is 0 Å². The van der Waals surface area contributed by atoms with Gasteiger partial charge in [0.05, 0.1) is 11.4 Å². The molecular formula is C22H36N4O4S. The molecule has 0 spiro atoms. The minimum Gasteiger partial charge on any atom is -0.353 e. The molecule has 31 heavy (non-hydrogen) atoms. The van der Waals surface area contributed by atoms with Gasteiger partial charge < -0.3 is 10.6 Å². The SMILES string of the molecule is CC(C)C(C)NC(=O)C1CCN(CC(=O)NCc2ccccc2S(=O)(=O)N(C)C)CC1. The Labute approximate surface area is 186 Å². The van der Waals surface area contributed by atoms with Crippen LogP contribution in [0.15, 0.2) is 29.2 Å². The molecule has 9 heteroatoms. The van der Waals surface area contributed by atoms with Gasteiger partial charge in [0.15, 0.2) is 0 Å². The highest BCUT2D eigenvalue weighted by atomic mass is 32.2. The van der Waals surface area contributed by atoms with Crippen LogP contribution in [0.1, 0.15) is 39.2 Å². The summed E-state index contributed by atoms with van der Waals surface area (Å²) in [5.74, 6) is 0.326. The number of carbonyl (C=O) groups is 2. The van der Waals surface area contributed by atoms with Gasteiger partial charge in [0.25, 0.3) is 0 Å². The van der Waals surface area contributed by atoms with Crippen LogP contribution in [-0.2, 0) is 26.2 Å². The third kappa shape index (κ3) is 7.02. The van der Waals surface area contributed by atoms with E-state index in [-0.39, 0.29) is 41.8 Å². The molecule has 1 aliphatic rings. The number of rotatable bonds is 9. The molecule has 1 fully saturated rings. The zero-order valence-electron chi connectivity index (χ0n) is 19.2. The zero-order valence-corrected chi connectivity index (χ0v) is 20.0. The molecule has 8 nitrogen and oxygen atoms in total. The maximum atomic E-state index is 12.5. The lowest BCUT2D eigenvalue weighted by Crippen LogP contribution is -2.46. The number of amides is 2. The van der Waals surface area contributed by atoms with E-state index in [1.54, 1.807) is 24.3 Å². The van der Waals surface area contributed by atoms with E-state index in [0.29, 0.717) is 24.6 Å². The molecule has 0 aromatic heterocycles. The van der Waals surface area contributed by atoms with E-state index in [2.05, 4.69) is 24.5 Å². The molecule has 1 aromatic rings. The van der Waals surface area contributed by atoms with Crippen LogP contribution in [0.25, 0.3) is 0 Å². The Morgan fingerprint density at radius 1 is 1.13 bits per heavy atom. The molecule has 2 rings (SSSR count). The standard InChI is InChI=1S/C22H36N4O4S/c1-16(2)17(3)24-22(28)18-10-12-26(13-11-18)15-21(27)23-14-19-8-6-7-9-20(19)31(29,30)25(4)5/h6-9,16-18H,10-15H2,1-5H3,(H,23,27)(H,24,28). The van der Waals surface area contributed by atoms with Gasteiger partial charge in [-0.05, 0) is 50.4 Å². The summed E-state index contributed by atoms with van der Waals surface area (Å²) >= 11 is 0. The topological polar surface area (TPSA) is 98.8 Å². The molecule has 1 saturated heterocycles. The van der Waals surface area contributed by atoms with Gasteiger partial charge in [-0.1, -0.05) is 32.0 Å². The predicted octanol–water partition coefficient (Wildman–Crippen LogP) is 1.43. The molecule has 1 heterocycles. The molecule has 1 aromatic carbocycles. The van der Waals surface area contributed by atoms with Gasteiger partial charge in [0, 0.05) is 32.6 Å². The summed E-state index contributed by atoms with van der Waals surface area (Å²) in [5, 5.41) is 5.91. The van der Waals surface area contributed by atoms with Crippen molar-refractivity contribution in [3.63, 3.8) is 0 Å². The highest BCUT2D eigenvalue weighted by molar-refractivity contribution is 7.89. The Kier molecular flexibility index (Phi) is 9.02. The van der Waals surface area contributed by atoms with Gasteiger partial charge in [0.2, 0.25) is 21.8 Å². The van der Waals surface area contributed by atoms with Crippen molar-refractivity contribution >= 4 is 21.8 Å². The van der Waals surface area contributed by atoms with E-state index in [4.69, 9.17) is 0 Å². The largest absolute Gasteiger partial charge is 0.353 e. The van der Waals surface area contributed by atoms with Gasteiger partial charge in [0.1, 0.15) is 0 Å². The van der Waals surface area contributed by atoms with Gasteiger partial charge in [-0.15, -0.1) is 0 Å². The fraction of sp³-hybridized carbons (Fsp3) is 0.636. The van der Waals surface area contributed by atoms with Crippen LogP contribution in [0.4, 0.5) is 0 Å². The van der Waals surface area contributed by atoms with E-state index in [0.717, 1.165) is 17.1 Å². The maximum absolute atomic E-state index is 12.5. The van der Waals surface area contributed by atoms with Crippen LogP contribution < -0.4 is 10.6 Å². The number of hydrogen-bond donors (Lipinski definition) is 2. The lowest BCUT2D eigenvalue weighted by atomic mass is 9.95. The summed E-state index contributed by atoms with van der Waals surface area (Å²) < 4.78 is 26.1. The van der Waals surface area contributed by atoms with Crippen molar-refractivity contribution < 1.29 is 18.0 Å². The number of hydrogen-bond acceptors (Lipinski definition) is 5. The maximum Gasteiger partial charge on any atom is 0.242 e. The summed E-state index contributed by atoms with van der Waals surface area (Å²) in [7, 11) is -0.609. The van der Waals surface area contributed by atoms with Crippen molar-refractivity contribution in [2.45, 2.75) is 51.1 Å². The molecule has 1 aliphatic heterocycles. The first kappa shape index (κ1) is 25.3. The van der Waals surface area contributed by atoms with Gasteiger partial charge in [-0.25, -0.2) is 12.7 Å². The van der Waals surface area contributed by atoms with Crippen LogP contribution in [0.3, 0.4) is 0 Å². The third-order valence-corrected chi connectivity index (χ3v) is 7.82. The Balaban J connectivity index is 1.83. The molecule has 174 valence electrons. The van der Waals surface area contributed by atoms with E-state index in [9.17, 15) is 18.0 Å². The van der Waals surface area contributed by atoms with Gasteiger partial charge in [-0.3, -0.25) is 14.5 Å². The molecule has 1 unspecified atom stereocenters. The van der Waals surface area contributed by atoms with Crippen molar-refractivity contribution in [1.29, 1.82) is 0 Å². The number of nitrogens with zero attached hydrogens (tertiary/aromatic N) is 2. The summed E-state index contributed by atoms with van der Waals surface area (Å²) in [6, 6.07) is 6.83. The smallest absolute Gasteiger partial charge is 0.242 e. The van der Waals surface area contributed by atoms with Crippen molar-refractivity contribution in [3.8, 4) is 0 Å². The number of carbonyl (C=O) groups excluding carboxylic acids is 2. The predicted molar refractivity (Wildman–Crippen MR) is 121 cm³/mol. The first-order valence-corrected chi connectivity index (χ1v) is 12.3. The summed E-state index contributed by atoms with van der Waals surface area (Å²) in [6.07, 6.45) is 1.46. The molecule has 1 atom stereocenters. The van der Waals surface area contributed by atoms with E-state index < -0.39 is 10.0 Å². The normalized spacial score (nSPS) is 17.0. The van der Waals surface area contributed by atoms with Crippen LogP contribution in [0.5, 0.6) is 0 Å². The quantitative estimate of drug-likeness (QED) is 0.591. The van der Waals surface area contributed by atoms with E-state index in [1.165, 1.54) is 14.1 Å². The second-order valence-corrected chi connectivity index (χ2v) is 10.9. The Hall–Kier alpha value is -1.97. The molecule has 0 radical (unpaired) electrons. The van der Waals surface area contributed by atoms with Crippen LogP contribution in [-0.4, -0.2) is 69.2 Å². The molecular weight excluding hydrogens is 416 g/mol. The number of sulfonamides is 1. The molecule has 0 aliphatic carbocycles. The molecule has 2 amide bonds. The molecule has 0 bridgehead atoms. The van der Waals surface area contributed by atoms with Crippen molar-refractivity contribution in [2.75, 3.05) is 33.7 Å². The lowest BCUT2D eigenvalue weighted by Gasteiger charge is -2.31. The van der Waals surface area contributed by atoms with Crippen molar-refractivity contribution in [2.24, 2.45) is 11.8 Å². The number of likely N-dealkylation sites (tertiary alicyclic amines) is 1. The summed E-state index contributed by atoms with van der Waals surface area (Å²) in [6.45, 7) is 7.94. The van der Waals surface area contributed by atoms with Crippen LogP contribution in [0.2, 0.25) is 0 Å². The second kappa shape index (κ2) is 11.1. The molecule has 0 saturated carbocycles. The zero-order chi connectivity index (χ0) is 23.2. The number of benzene rings is 1. The van der Waals surface area contributed by atoms with Crippen LogP contribution >= 0.6 is 0 Å². The van der Waals surface area contributed by atoms with Crippen molar-refractivity contribution in [1.82, 2.24) is 19.8 Å². The van der Waals surface area contributed by atoms with Crippen LogP contribution in [0, 0.1) is 11.8 Å². The lowest BCUT2D eigenvalue weighted by molar-refractivity contribution is -0.127. The first-order chi connectivity index (χ1) is 14.5. The summed E-state index contributed by atoms with van der Waals surface area (Å²) in [5.41, 5.74) is 0.555. The Morgan fingerprint density at radius 3 is 2.32 bits per heavy atom. The van der Waals surface area contributed by atoms with Crippen molar-refractivity contribution in [3.05, 3.63) is 29.8 Å². The first-order valence-electron chi connectivity index (χ1n) is 10.8. The highest BCUT2D eigenvalue weighted by Gasteiger charge is 2.27. The number of nitrogens with one attached hydrogen (secondary N) is 2. The fourth-order valence-electron chi connectivity index (χ4n) is 3.41. The second-order valence-electron chi connectivity index (χ2n) is 8.76. The average Bonchev–Trinajstić information content (AvgIpc) is 2.72. The minimum absolute atomic E-state index is 0.0105. The Bertz CT molecular complexity index is 862.